The lowest BCUT2D eigenvalue weighted by molar-refractivity contribution is 0.235. The molecule has 1 atom stereocenters. The molecule has 0 aliphatic heterocycles. The summed E-state index contributed by atoms with van der Waals surface area (Å²) in [7, 11) is 0. The Kier molecular flexibility index (Phi) is 5.14. The van der Waals surface area contributed by atoms with Crippen LogP contribution in [0.5, 0.6) is 0 Å². The quantitative estimate of drug-likeness (QED) is 0.764. The predicted octanol–water partition coefficient (Wildman–Crippen LogP) is 2.29. The maximum Gasteiger partial charge on any atom is 0.0271 e. The minimum absolute atomic E-state index is 0.678. The van der Waals surface area contributed by atoms with Crippen LogP contribution in [0.15, 0.2) is 24.5 Å². The molecular formula is C15H25N3. The number of hydrogen-bond acceptors (Lipinski definition) is 3. The third-order valence-electron chi connectivity index (χ3n) is 3.72. The number of rotatable bonds is 8. The maximum atomic E-state index is 4.08. The monoisotopic (exact) mass is 247 g/mol. The Labute approximate surface area is 111 Å². The Morgan fingerprint density at radius 1 is 1.33 bits per heavy atom. The van der Waals surface area contributed by atoms with Gasteiger partial charge in [0.2, 0.25) is 0 Å². The number of likely N-dealkylation sites (N-methyl/N-ethyl adjacent to an activating group) is 2. The molecule has 0 radical (unpaired) electrons. The third kappa shape index (κ3) is 4.07. The molecule has 1 aliphatic rings. The fourth-order valence-electron chi connectivity index (χ4n) is 2.47. The summed E-state index contributed by atoms with van der Waals surface area (Å²) in [6, 6.07) is 4.90. The van der Waals surface area contributed by atoms with Gasteiger partial charge in [0.15, 0.2) is 0 Å². The summed E-state index contributed by atoms with van der Waals surface area (Å²) < 4.78 is 0. The molecule has 3 heteroatoms. The van der Waals surface area contributed by atoms with Crippen molar-refractivity contribution < 1.29 is 0 Å². The van der Waals surface area contributed by atoms with E-state index in [1.165, 1.54) is 18.4 Å². The molecule has 18 heavy (non-hydrogen) atoms. The normalized spacial score (nSPS) is 17.1. The van der Waals surface area contributed by atoms with Gasteiger partial charge in [-0.25, -0.2) is 0 Å². The first-order valence-electron chi connectivity index (χ1n) is 7.18. The lowest BCUT2D eigenvalue weighted by Crippen LogP contribution is -2.42. The van der Waals surface area contributed by atoms with Crippen LogP contribution < -0.4 is 5.32 Å². The second kappa shape index (κ2) is 6.86. The minimum Gasteiger partial charge on any atom is -0.313 e. The summed E-state index contributed by atoms with van der Waals surface area (Å²) in [5.41, 5.74) is 1.36. The topological polar surface area (TPSA) is 28.2 Å². The van der Waals surface area contributed by atoms with E-state index in [-0.39, 0.29) is 0 Å². The number of aromatic nitrogens is 1. The molecule has 1 heterocycles. The predicted molar refractivity (Wildman–Crippen MR) is 75.4 cm³/mol. The lowest BCUT2D eigenvalue weighted by Gasteiger charge is -2.27. The molecule has 1 aromatic heterocycles. The van der Waals surface area contributed by atoms with Crippen LogP contribution in [0.25, 0.3) is 0 Å². The van der Waals surface area contributed by atoms with Gasteiger partial charge in [-0.05, 0) is 49.5 Å². The zero-order chi connectivity index (χ0) is 12.8. The van der Waals surface area contributed by atoms with Crippen LogP contribution in [-0.2, 0) is 6.54 Å². The molecule has 1 fully saturated rings. The van der Waals surface area contributed by atoms with Crippen molar-refractivity contribution in [3.8, 4) is 0 Å². The van der Waals surface area contributed by atoms with Crippen LogP contribution in [0.3, 0.4) is 0 Å². The van der Waals surface area contributed by atoms with Gasteiger partial charge in [-0.3, -0.25) is 9.88 Å². The first-order valence-corrected chi connectivity index (χ1v) is 7.18. The molecule has 0 spiro atoms. The number of hydrogen-bond donors (Lipinski definition) is 1. The van der Waals surface area contributed by atoms with Gasteiger partial charge < -0.3 is 5.32 Å². The van der Waals surface area contributed by atoms with Gasteiger partial charge in [-0.2, -0.15) is 0 Å². The molecule has 1 saturated carbocycles. The highest BCUT2D eigenvalue weighted by molar-refractivity contribution is 5.09. The van der Waals surface area contributed by atoms with E-state index < -0.39 is 0 Å². The first kappa shape index (κ1) is 13.5. The first-order chi connectivity index (χ1) is 8.83. The van der Waals surface area contributed by atoms with E-state index in [1.54, 1.807) is 0 Å². The molecule has 1 aliphatic carbocycles. The van der Waals surface area contributed by atoms with Crippen LogP contribution >= 0.6 is 0 Å². The third-order valence-corrected chi connectivity index (χ3v) is 3.72. The fraction of sp³-hybridized carbons (Fsp3) is 0.667. The van der Waals surface area contributed by atoms with Crippen molar-refractivity contribution in [1.82, 2.24) is 15.2 Å². The van der Waals surface area contributed by atoms with E-state index in [9.17, 15) is 0 Å². The van der Waals surface area contributed by atoms with Gasteiger partial charge in [0.25, 0.3) is 0 Å². The Bertz CT molecular complexity index is 335. The number of nitrogens with one attached hydrogen (secondary N) is 1. The average molecular weight is 247 g/mol. The summed E-state index contributed by atoms with van der Waals surface area (Å²) in [4.78, 5) is 6.60. The van der Waals surface area contributed by atoms with E-state index in [2.05, 4.69) is 41.2 Å². The smallest absolute Gasteiger partial charge is 0.0271 e. The largest absolute Gasteiger partial charge is 0.313 e. The molecule has 1 aromatic rings. The summed E-state index contributed by atoms with van der Waals surface area (Å²) in [6.07, 6.45) is 6.58. The Morgan fingerprint density at radius 2 is 2.06 bits per heavy atom. The summed E-state index contributed by atoms with van der Waals surface area (Å²) >= 11 is 0. The van der Waals surface area contributed by atoms with Gasteiger partial charge in [-0.15, -0.1) is 0 Å². The SMILES string of the molecule is CCNC(CN(CC)Cc1ccncc1)C1CC1. The molecule has 2 rings (SSSR count). The number of pyridine rings is 1. The zero-order valence-corrected chi connectivity index (χ0v) is 11.6. The van der Waals surface area contributed by atoms with Gasteiger partial charge in [-0.1, -0.05) is 13.8 Å². The highest BCUT2D eigenvalue weighted by Crippen LogP contribution is 2.33. The van der Waals surface area contributed by atoms with Crippen LogP contribution in [0.1, 0.15) is 32.3 Å². The van der Waals surface area contributed by atoms with Crippen molar-refractivity contribution in [3.63, 3.8) is 0 Å². The van der Waals surface area contributed by atoms with Gasteiger partial charge in [0, 0.05) is 31.5 Å². The highest BCUT2D eigenvalue weighted by atomic mass is 15.1. The van der Waals surface area contributed by atoms with Crippen LogP contribution in [0, 0.1) is 5.92 Å². The van der Waals surface area contributed by atoms with Crippen LogP contribution in [0.4, 0.5) is 0 Å². The van der Waals surface area contributed by atoms with E-state index in [0.29, 0.717) is 6.04 Å². The van der Waals surface area contributed by atoms with Crippen LogP contribution in [-0.4, -0.2) is 35.6 Å². The van der Waals surface area contributed by atoms with E-state index in [1.807, 2.05) is 12.4 Å². The van der Waals surface area contributed by atoms with Gasteiger partial charge in [0.05, 0.1) is 0 Å². The Hall–Kier alpha value is -0.930. The Morgan fingerprint density at radius 3 is 2.61 bits per heavy atom. The van der Waals surface area contributed by atoms with Crippen molar-refractivity contribution in [3.05, 3.63) is 30.1 Å². The molecular weight excluding hydrogens is 222 g/mol. The van der Waals surface area contributed by atoms with E-state index in [4.69, 9.17) is 0 Å². The zero-order valence-electron chi connectivity index (χ0n) is 11.6. The van der Waals surface area contributed by atoms with Gasteiger partial charge in [0.1, 0.15) is 0 Å². The standard InChI is InChI=1S/C15H25N3/c1-3-17-15(14-5-6-14)12-18(4-2)11-13-7-9-16-10-8-13/h7-10,14-15,17H,3-6,11-12H2,1-2H3. The number of nitrogens with zero attached hydrogens (tertiary/aromatic N) is 2. The minimum atomic E-state index is 0.678. The van der Waals surface area contributed by atoms with E-state index >= 15 is 0 Å². The fourth-order valence-corrected chi connectivity index (χ4v) is 2.47. The van der Waals surface area contributed by atoms with Gasteiger partial charge >= 0.3 is 0 Å². The molecule has 100 valence electrons. The summed E-state index contributed by atoms with van der Waals surface area (Å²) in [5.74, 6) is 0.913. The molecule has 3 nitrogen and oxygen atoms in total. The molecule has 1 unspecified atom stereocenters. The van der Waals surface area contributed by atoms with Crippen molar-refractivity contribution >= 4 is 0 Å². The Balaban J connectivity index is 1.87. The second-order valence-electron chi connectivity index (χ2n) is 5.18. The van der Waals surface area contributed by atoms with Crippen molar-refractivity contribution in [2.75, 3.05) is 19.6 Å². The van der Waals surface area contributed by atoms with Crippen molar-refractivity contribution in [2.45, 2.75) is 39.3 Å². The van der Waals surface area contributed by atoms with Crippen molar-refractivity contribution in [2.24, 2.45) is 5.92 Å². The highest BCUT2D eigenvalue weighted by Gasteiger charge is 2.31. The van der Waals surface area contributed by atoms with Crippen molar-refractivity contribution in [1.29, 1.82) is 0 Å². The summed E-state index contributed by atoms with van der Waals surface area (Å²) in [5, 5.41) is 3.64. The molecule has 0 bridgehead atoms. The maximum absolute atomic E-state index is 4.08. The molecule has 0 saturated heterocycles. The lowest BCUT2D eigenvalue weighted by atomic mass is 10.1. The molecule has 0 amide bonds. The summed E-state index contributed by atoms with van der Waals surface area (Å²) in [6.45, 7) is 8.83. The molecule has 0 aromatic carbocycles. The molecule has 1 N–H and O–H groups in total. The average Bonchev–Trinajstić information content (AvgIpc) is 3.22. The van der Waals surface area contributed by atoms with Crippen LogP contribution in [0.2, 0.25) is 0 Å². The second-order valence-corrected chi connectivity index (χ2v) is 5.18. The van der Waals surface area contributed by atoms with E-state index in [0.717, 1.165) is 32.1 Å².